The molecule has 2 aliphatic rings. The van der Waals surface area contributed by atoms with Crippen LogP contribution in [0, 0.1) is 0 Å². The Kier molecular flexibility index (Phi) is 11.8. The molecule has 9 aromatic carbocycles. The Bertz CT molecular complexity index is 4180. The summed E-state index contributed by atoms with van der Waals surface area (Å²) in [6.45, 7) is 34.8. The van der Waals surface area contributed by atoms with Crippen LogP contribution in [0.1, 0.15) is 132 Å². The minimum Gasteiger partial charge on any atom is -0.466 e. The summed E-state index contributed by atoms with van der Waals surface area (Å²) in [5.41, 5.74) is 25.5. The Labute approximate surface area is 481 Å². The highest BCUT2D eigenvalue weighted by molar-refractivity contribution is 6.89. The molecular formula is C76H76BN3O. The fraction of sp³-hybridized carbons (Fsp3) is 0.263. The zero-order chi connectivity index (χ0) is 56.9. The summed E-state index contributed by atoms with van der Waals surface area (Å²) in [5.74, 6) is 0. The van der Waals surface area contributed by atoms with Crippen molar-refractivity contribution >= 4 is 84.9 Å². The molecule has 0 radical (unpaired) electrons. The van der Waals surface area contributed by atoms with Crippen molar-refractivity contribution in [3.05, 3.63) is 216 Å². The third-order valence-corrected chi connectivity index (χ3v) is 17.5. The highest BCUT2D eigenvalue weighted by atomic mass is 16.3. The molecule has 0 N–H and O–H groups in total. The van der Waals surface area contributed by atoms with Crippen LogP contribution in [0.2, 0.25) is 0 Å². The van der Waals surface area contributed by atoms with Crippen LogP contribution in [0.4, 0.5) is 34.1 Å². The molecule has 0 amide bonds. The first-order valence-electron chi connectivity index (χ1n) is 29.3. The maximum absolute atomic E-state index is 7.87. The van der Waals surface area contributed by atoms with Gasteiger partial charge >= 0.3 is 6.85 Å². The van der Waals surface area contributed by atoms with E-state index in [1.165, 1.54) is 94.2 Å². The van der Waals surface area contributed by atoms with Crippen LogP contribution >= 0.6 is 0 Å². The van der Waals surface area contributed by atoms with E-state index in [1.807, 2.05) is 0 Å². The van der Waals surface area contributed by atoms with E-state index in [0.29, 0.717) is 0 Å². The summed E-state index contributed by atoms with van der Waals surface area (Å²) >= 11 is 0. The van der Waals surface area contributed by atoms with Crippen molar-refractivity contribution in [2.45, 2.75) is 131 Å². The molecule has 0 saturated carbocycles. The Morgan fingerprint density at radius 2 is 0.926 bits per heavy atom. The number of rotatable bonds is 6. The normalized spacial score (nSPS) is 13.6. The highest BCUT2D eigenvalue weighted by Gasteiger charge is 2.48. The topological polar surface area (TPSA) is 24.6 Å². The standard InChI is InChI=1S/C76H76BN3O/c1-72(2,3)51-30-37-57(38-31-51)79-65-46-54(75(10,11)12)43-59-58-39-41-64(78(55-33-26-49(27-34-55)47-22-18-16-19-23-47)56-35-28-50(29-36-56)48-24-20-17-21-25-48)66-60-42-52(73(4,5)6)32-40-63(60)80(68(58)66)77(67(59)65)71-69(79)61-44-53(74(7,8)9)45-62(70(61)81-71)76(13,14)15/h16-46H,1-15H3. The van der Waals surface area contributed by atoms with E-state index in [4.69, 9.17) is 4.42 Å². The zero-order valence-electron chi connectivity index (χ0n) is 50.2. The van der Waals surface area contributed by atoms with Crippen molar-refractivity contribution in [1.29, 1.82) is 0 Å². The van der Waals surface area contributed by atoms with E-state index >= 15 is 0 Å². The SMILES string of the molecule is CC(C)(C)c1ccc(N2c3cc(C(C)(C)C)cc4c3B(c3oc5c(C(C)(C)C)cc(C(C)(C)C)cc5c32)n2c3ccc(C(C)(C)C)cc3c3c(N(c5ccc(-c6ccccc6)cc5)c5ccc(-c6ccccc6)cc5)ccc-4c32)cc1. The number of hydrogen-bond acceptors (Lipinski definition) is 3. The van der Waals surface area contributed by atoms with Gasteiger partial charge in [-0.3, -0.25) is 0 Å². The second kappa shape index (κ2) is 18.2. The zero-order valence-corrected chi connectivity index (χ0v) is 50.2. The number of benzene rings is 9. The number of anilines is 6. The van der Waals surface area contributed by atoms with Crippen LogP contribution in [0.15, 0.2) is 192 Å². The van der Waals surface area contributed by atoms with Crippen LogP contribution in [-0.4, -0.2) is 11.3 Å². The third kappa shape index (κ3) is 8.64. The number of hydrogen-bond donors (Lipinski definition) is 0. The first-order chi connectivity index (χ1) is 38.3. The average molecular weight is 1060 g/mol. The first kappa shape index (κ1) is 52.4. The van der Waals surface area contributed by atoms with E-state index in [-0.39, 0.29) is 33.9 Å². The van der Waals surface area contributed by atoms with E-state index in [9.17, 15) is 0 Å². The van der Waals surface area contributed by atoms with Crippen LogP contribution in [0.25, 0.3) is 66.2 Å². The van der Waals surface area contributed by atoms with Gasteiger partial charge in [0.1, 0.15) is 11.2 Å². The molecule has 11 aromatic rings. The van der Waals surface area contributed by atoms with Gasteiger partial charge in [0.15, 0.2) is 0 Å². The van der Waals surface area contributed by atoms with Gasteiger partial charge in [0.05, 0.1) is 11.4 Å². The van der Waals surface area contributed by atoms with Crippen LogP contribution in [0.3, 0.4) is 0 Å². The minimum absolute atomic E-state index is 0.00334. The van der Waals surface area contributed by atoms with Crippen molar-refractivity contribution in [3.63, 3.8) is 0 Å². The monoisotopic (exact) mass is 1060 g/mol. The van der Waals surface area contributed by atoms with Gasteiger partial charge in [-0.2, -0.15) is 0 Å². The van der Waals surface area contributed by atoms with Crippen LogP contribution in [0.5, 0.6) is 0 Å². The lowest BCUT2D eigenvalue weighted by Crippen LogP contribution is -2.56. The van der Waals surface area contributed by atoms with Crippen molar-refractivity contribution in [2.24, 2.45) is 0 Å². The smallest absolute Gasteiger partial charge is 0.375 e. The van der Waals surface area contributed by atoms with E-state index in [1.54, 1.807) is 0 Å². The fourth-order valence-electron chi connectivity index (χ4n) is 12.9. The summed E-state index contributed by atoms with van der Waals surface area (Å²) in [7, 11) is 0. The van der Waals surface area contributed by atoms with Gasteiger partial charge in [-0.15, -0.1) is 0 Å². The summed E-state index contributed by atoms with van der Waals surface area (Å²) < 4.78 is 10.6. The highest BCUT2D eigenvalue weighted by Crippen LogP contribution is 2.54. The molecule has 0 bridgehead atoms. The molecule has 0 spiro atoms. The van der Waals surface area contributed by atoms with Gasteiger partial charge in [0, 0.05) is 61.1 Å². The van der Waals surface area contributed by atoms with Crippen molar-refractivity contribution in [2.75, 3.05) is 9.80 Å². The van der Waals surface area contributed by atoms with Crippen molar-refractivity contribution in [3.8, 4) is 33.4 Å². The Morgan fingerprint density at radius 3 is 1.46 bits per heavy atom. The Hall–Kier alpha value is -8.02. The molecule has 4 nitrogen and oxygen atoms in total. The summed E-state index contributed by atoms with van der Waals surface area (Å²) in [5, 5.41) is 3.61. The number of nitrogens with zero attached hydrogens (tertiary/aromatic N) is 3. The molecular weight excluding hydrogens is 982 g/mol. The molecule has 0 unspecified atom stereocenters. The second-order valence-electron chi connectivity index (χ2n) is 28.3. The Balaban J connectivity index is 1.17. The Morgan fingerprint density at radius 1 is 0.420 bits per heavy atom. The van der Waals surface area contributed by atoms with Gasteiger partial charge in [0.2, 0.25) is 0 Å². The molecule has 81 heavy (non-hydrogen) atoms. The molecule has 0 atom stereocenters. The first-order valence-corrected chi connectivity index (χ1v) is 29.3. The number of aromatic nitrogens is 1. The maximum atomic E-state index is 7.87. The lowest BCUT2D eigenvalue weighted by Gasteiger charge is -2.40. The molecule has 2 aliphatic heterocycles. The molecule has 5 heteroatoms. The summed E-state index contributed by atoms with van der Waals surface area (Å²) in [4.78, 5) is 5.08. The molecule has 2 aromatic heterocycles. The van der Waals surface area contributed by atoms with E-state index < -0.39 is 0 Å². The van der Waals surface area contributed by atoms with Gasteiger partial charge in [-0.05, 0) is 149 Å². The molecule has 4 heterocycles. The lowest BCUT2D eigenvalue weighted by atomic mass is 9.47. The largest absolute Gasteiger partial charge is 0.466 e. The number of fused-ring (bicyclic) bond motifs is 9. The van der Waals surface area contributed by atoms with Gasteiger partial charge < -0.3 is 18.7 Å². The summed E-state index contributed by atoms with van der Waals surface area (Å²) in [6.07, 6.45) is 0. The molecule has 404 valence electrons. The van der Waals surface area contributed by atoms with Crippen LogP contribution in [-0.2, 0) is 27.1 Å². The van der Waals surface area contributed by atoms with E-state index in [0.717, 1.165) is 45.1 Å². The minimum atomic E-state index is -0.297. The van der Waals surface area contributed by atoms with Crippen molar-refractivity contribution < 1.29 is 4.42 Å². The molecule has 0 fully saturated rings. The van der Waals surface area contributed by atoms with Crippen LogP contribution < -0.4 is 20.9 Å². The average Bonchev–Trinajstić information content (AvgIpc) is 1.85. The molecule has 0 saturated heterocycles. The van der Waals surface area contributed by atoms with Gasteiger partial charge in [-0.1, -0.05) is 225 Å². The second-order valence-corrected chi connectivity index (χ2v) is 28.3. The molecule has 13 rings (SSSR count). The lowest BCUT2D eigenvalue weighted by molar-refractivity contribution is 0.557. The fourth-order valence-corrected chi connectivity index (χ4v) is 12.9. The van der Waals surface area contributed by atoms with Gasteiger partial charge in [0.25, 0.3) is 0 Å². The maximum Gasteiger partial charge on any atom is 0.375 e. The third-order valence-electron chi connectivity index (χ3n) is 17.5. The quantitative estimate of drug-likeness (QED) is 0.155. The van der Waals surface area contributed by atoms with Crippen molar-refractivity contribution in [1.82, 2.24) is 4.48 Å². The van der Waals surface area contributed by atoms with Gasteiger partial charge in [-0.25, -0.2) is 0 Å². The predicted octanol–water partition coefficient (Wildman–Crippen LogP) is 20.2. The van der Waals surface area contributed by atoms with E-state index in [2.05, 4.69) is 306 Å². The summed E-state index contributed by atoms with van der Waals surface area (Å²) in [6, 6.07) is 71.2. The predicted molar refractivity (Wildman–Crippen MR) is 349 cm³/mol. The molecule has 0 aliphatic carbocycles. The number of furan rings is 1.